The Morgan fingerprint density at radius 2 is 2.15 bits per heavy atom. The van der Waals surface area contributed by atoms with Crippen LogP contribution in [0.3, 0.4) is 0 Å². The van der Waals surface area contributed by atoms with Gasteiger partial charge in [-0.25, -0.2) is 0 Å². The molecule has 3 fully saturated rings. The van der Waals surface area contributed by atoms with Crippen LogP contribution in [0.25, 0.3) is 0 Å². The second kappa shape index (κ2) is 5.92. The van der Waals surface area contributed by atoms with Crippen LogP contribution in [0.4, 0.5) is 0 Å². The number of nitrogens with zero attached hydrogens (tertiary/aromatic N) is 1. The number of aliphatic hydroxyl groups is 1. The Kier molecular flexibility index (Phi) is 3.86. The maximum absolute atomic E-state index is 12.4. The minimum atomic E-state index is -1.57. The molecule has 1 N–H and O–H groups in total. The predicted molar refractivity (Wildman–Crippen MR) is 100 cm³/mol. The van der Waals surface area contributed by atoms with Gasteiger partial charge in [-0.2, -0.15) is 0 Å². The molecule has 1 saturated heterocycles. The Balaban J connectivity index is 1.80. The van der Waals surface area contributed by atoms with Crippen molar-refractivity contribution in [3.05, 3.63) is 11.8 Å². The van der Waals surface area contributed by atoms with Crippen LogP contribution in [0.15, 0.2) is 11.8 Å². The van der Waals surface area contributed by atoms with Gasteiger partial charge in [-0.15, -0.1) is 0 Å². The number of allylic oxidation sites excluding steroid dienone is 2. The number of hydrogen-bond acceptors (Lipinski definition) is 3. The van der Waals surface area contributed by atoms with E-state index in [0.717, 1.165) is 25.0 Å². The molecule has 7 atom stereocenters. The quantitative estimate of drug-likeness (QED) is 0.819. The average Bonchev–Trinajstić information content (AvgIpc) is 2.90. The topological polar surface area (TPSA) is 57.6 Å². The molecule has 0 aromatic rings. The maximum Gasteiger partial charge on any atom is 0.226 e. The van der Waals surface area contributed by atoms with Gasteiger partial charge in [-0.1, -0.05) is 19.9 Å². The summed E-state index contributed by atoms with van der Waals surface area (Å²) >= 11 is 0. The molecule has 3 aliphatic carbocycles. The summed E-state index contributed by atoms with van der Waals surface area (Å²) in [5, 5.41) is 11.4. The Hall–Kier alpha value is -1.16. The van der Waals surface area contributed by atoms with Crippen molar-refractivity contribution in [2.75, 3.05) is 6.54 Å². The smallest absolute Gasteiger partial charge is 0.226 e. The molecule has 26 heavy (non-hydrogen) atoms. The minimum Gasteiger partial charge on any atom is -0.393 e. The van der Waals surface area contributed by atoms with E-state index in [4.69, 9.17) is 1.37 Å². The van der Waals surface area contributed by atoms with E-state index in [1.165, 1.54) is 0 Å². The molecule has 144 valence electrons. The summed E-state index contributed by atoms with van der Waals surface area (Å²) in [5.41, 5.74) is 0.386. The van der Waals surface area contributed by atoms with Crippen LogP contribution in [0.5, 0.6) is 0 Å². The van der Waals surface area contributed by atoms with Gasteiger partial charge in [-0.3, -0.25) is 9.59 Å². The van der Waals surface area contributed by atoms with Crippen LogP contribution in [-0.2, 0) is 9.59 Å². The lowest BCUT2D eigenvalue weighted by molar-refractivity contribution is -0.151. The molecule has 0 aromatic carbocycles. The zero-order valence-electron chi connectivity index (χ0n) is 17.5. The summed E-state index contributed by atoms with van der Waals surface area (Å²) in [6.45, 7) is 8.60. The normalized spacial score (nSPS) is 51.1. The largest absolute Gasteiger partial charge is 0.393 e. The van der Waals surface area contributed by atoms with Crippen LogP contribution < -0.4 is 0 Å². The molecule has 2 saturated carbocycles. The number of fused-ring (bicyclic) bond motifs is 5. The van der Waals surface area contributed by atoms with Crippen molar-refractivity contribution < 1.29 is 16.1 Å². The van der Waals surface area contributed by atoms with E-state index in [9.17, 15) is 14.7 Å². The number of carbonyl (C=O) groups excluding carboxylic acids is 2. The first-order valence-corrected chi connectivity index (χ1v) is 10.3. The average molecular weight is 361 g/mol. The third-order valence-electron chi connectivity index (χ3n) is 8.39. The molecule has 3 unspecified atom stereocenters. The number of carbonyl (C=O) groups is 2. The van der Waals surface area contributed by atoms with Gasteiger partial charge in [0.25, 0.3) is 0 Å². The van der Waals surface area contributed by atoms with Gasteiger partial charge in [-0.05, 0) is 69.1 Å². The first kappa shape index (κ1) is 17.0. The number of hydrogen-bond donors (Lipinski definition) is 1. The predicted octanol–water partition coefficient (Wildman–Crippen LogP) is 3.54. The van der Waals surface area contributed by atoms with Crippen molar-refractivity contribution in [2.45, 2.75) is 72.3 Å². The van der Waals surface area contributed by atoms with Crippen molar-refractivity contribution in [1.29, 1.82) is 0 Å². The molecule has 4 heteroatoms. The highest BCUT2D eigenvalue weighted by atomic mass is 16.3. The molecule has 4 rings (SSSR count). The van der Waals surface area contributed by atoms with Gasteiger partial charge in [0.1, 0.15) is 5.78 Å². The van der Waals surface area contributed by atoms with Gasteiger partial charge in [0.05, 0.1) is 7.45 Å². The molecule has 0 spiro atoms. The van der Waals surface area contributed by atoms with E-state index in [1.807, 2.05) is 11.8 Å². The fraction of sp³-hybridized carbons (Fsp3) is 0.818. The zero-order chi connectivity index (χ0) is 19.8. The highest BCUT2D eigenvalue weighted by Crippen LogP contribution is 2.66. The Morgan fingerprint density at radius 1 is 1.42 bits per heavy atom. The first-order valence-electron chi connectivity index (χ1n) is 10.8. The van der Waals surface area contributed by atoms with Crippen molar-refractivity contribution in [2.24, 2.45) is 34.5 Å². The molecular formula is C22H33NO3. The van der Waals surface area contributed by atoms with Gasteiger partial charge in [0.2, 0.25) is 5.91 Å². The van der Waals surface area contributed by atoms with E-state index in [1.54, 1.807) is 6.92 Å². The van der Waals surface area contributed by atoms with E-state index in [2.05, 4.69) is 19.9 Å². The van der Waals surface area contributed by atoms with Gasteiger partial charge in [0, 0.05) is 30.0 Å². The molecule has 0 aromatic heterocycles. The van der Waals surface area contributed by atoms with Crippen LogP contribution in [0, 0.1) is 34.5 Å². The second-order valence-electron chi connectivity index (χ2n) is 9.54. The Bertz CT molecular complexity index is 716. The highest BCUT2D eigenvalue weighted by Gasteiger charge is 2.63. The fourth-order valence-electron chi connectivity index (χ4n) is 7.33. The summed E-state index contributed by atoms with van der Waals surface area (Å²) in [6.07, 6.45) is 4.88. The summed E-state index contributed by atoms with van der Waals surface area (Å²) < 4.78 is 8.99. The van der Waals surface area contributed by atoms with Crippen LogP contribution in [0.1, 0.15) is 67.6 Å². The minimum absolute atomic E-state index is 0.0430. The molecule has 1 amide bonds. The first-order chi connectivity index (χ1) is 12.6. The molecular weight excluding hydrogens is 326 g/mol. The Morgan fingerprint density at radius 3 is 2.81 bits per heavy atom. The number of piperidine rings is 1. The van der Waals surface area contributed by atoms with E-state index in [-0.39, 0.29) is 40.3 Å². The lowest BCUT2D eigenvalue weighted by atomic mass is 9.48. The second-order valence-corrected chi connectivity index (χ2v) is 9.54. The van der Waals surface area contributed by atoms with E-state index in [0.29, 0.717) is 31.7 Å². The zero-order valence-corrected chi connectivity index (χ0v) is 16.5. The molecule has 0 bridgehead atoms. The van der Waals surface area contributed by atoms with Crippen LogP contribution in [0.2, 0.25) is 0 Å². The fourth-order valence-corrected chi connectivity index (χ4v) is 7.33. The SMILES string of the molecule is [2H][C@]1(O)C[C@@]2(C)C(CC[C@@H]2C(C)=O)C2CC=C3N(CC)C(=O)CC[C@]3(C)C21. The highest BCUT2D eigenvalue weighted by molar-refractivity contribution is 5.80. The number of ketones is 1. The maximum atomic E-state index is 12.4. The number of amides is 1. The molecule has 4 aliphatic rings. The summed E-state index contributed by atoms with van der Waals surface area (Å²) in [7, 11) is 0. The third-order valence-corrected chi connectivity index (χ3v) is 8.39. The number of likely N-dealkylation sites (tertiary alicyclic amines) is 1. The standard InChI is InChI=1S/C22H33NO3/c1-5-23-18-9-6-14-16-8-7-15(13(2)24)22(16,4)12-17(25)20(14)21(18,3)11-10-19(23)26/h9,14-17,20,25H,5-8,10-12H2,1-4H3/t14?,15-,16?,17+,20?,21+,22-/m1/s1/i17D. The van der Waals surface area contributed by atoms with Crippen LogP contribution >= 0.6 is 0 Å². The summed E-state index contributed by atoms with van der Waals surface area (Å²) in [5.74, 6) is 0.703. The number of Topliss-reactive ketones (excluding diaryl/α,β-unsaturated/α-hetero) is 1. The van der Waals surface area contributed by atoms with Gasteiger partial charge in [0.15, 0.2) is 0 Å². The molecule has 4 nitrogen and oxygen atoms in total. The third kappa shape index (κ3) is 2.23. The molecule has 1 aliphatic heterocycles. The van der Waals surface area contributed by atoms with Crippen molar-refractivity contribution in [1.82, 2.24) is 4.90 Å². The van der Waals surface area contributed by atoms with Gasteiger partial charge < -0.3 is 10.0 Å². The van der Waals surface area contributed by atoms with Crippen LogP contribution in [-0.4, -0.2) is 34.3 Å². The monoisotopic (exact) mass is 360 g/mol. The summed E-state index contributed by atoms with van der Waals surface area (Å²) in [6, 6.07) is 0. The molecule has 0 radical (unpaired) electrons. The lowest BCUT2D eigenvalue weighted by Gasteiger charge is -2.60. The number of rotatable bonds is 2. The van der Waals surface area contributed by atoms with E-state index >= 15 is 0 Å². The van der Waals surface area contributed by atoms with Crippen molar-refractivity contribution in [3.8, 4) is 0 Å². The lowest BCUT2D eigenvalue weighted by Crippen LogP contribution is -2.59. The van der Waals surface area contributed by atoms with Gasteiger partial charge >= 0.3 is 0 Å². The van der Waals surface area contributed by atoms with E-state index < -0.39 is 6.08 Å². The summed E-state index contributed by atoms with van der Waals surface area (Å²) in [4.78, 5) is 26.6. The Labute approximate surface area is 158 Å². The van der Waals surface area contributed by atoms with Crippen molar-refractivity contribution >= 4 is 11.7 Å². The van der Waals surface area contributed by atoms with Crippen molar-refractivity contribution in [3.63, 3.8) is 0 Å². The molecule has 1 heterocycles.